The second-order valence-electron chi connectivity index (χ2n) is 5.60. The Morgan fingerprint density at radius 1 is 1.26 bits per heavy atom. The van der Waals surface area contributed by atoms with E-state index in [1.165, 1.54) is 18.2 Å². The first-order valence-electron chi connectivity index (χ1n) is 7.66. The minimum absolute atomic E-state index is 0.0625. The van der Waals surface area contributed by atoms with Crippen molar-refractivity contribution in [1.82, 2.24) is 15.5 Å². The lowest BCUT2D eigenvalue weighted by Crippen LogP contribution is -2.41. The van der Waals surface area contributed by atoms with Crippen molar-refractivity contribution in [2.75, 3.05) is 27.2 Å². The summed E-state index contributed by atoms with van der Waals surface area (Å²) in [6.45, 7) is 2.25. The van der Waals surface area contributed by atoms with Crippen LogP contribution in [0.5, 0.6) is 0 Å². The molecule has 0 spiro atoms. The fourth-order valence-electron chi connectivity index (χ4n) is 2.18. The Bertz CT molecular complexity index is 492. The Labute approximate surface area is 135 Å². The molecule has 0 fully saturated rings. The molecule has 0 aromatic heterocycles. The molecular weight excluding hydrogens is 304 g/mol. The van der Waals surface area contributed by atoms with E-state index in [-0.39, 0.29) is 12.1 Å². The number of halogens is 2. The van der Waals surface area contributed by atoms with Crippen molar-refractivity contribution in [2.24, 2.45) is 0 Å². The van der Waals surface area contributed by atoms with E-state index in [4.69, 9.17) is 0 Å². The first-order chi connectivity index (χ1) is 10.9. The summed E-state index contributed by atoms with van der Waals surface area (Å²) in [5, 5.41) is 14.6. The maximum absolute atomic E-state index is 13.9. The number of hydrogen-bond donors (Lipinski definition) is 3. The van der Waals surface area contributed by atoms with Gasteiger partial charge in [0.05, 0.1) is 12.1 Å². The summed E-state index contributed by atoms with van der Waals surface area (Å²) in [6, 6.07) is 2.64. The zero-order valence-corrected chi connectivity index (χ0v) is 13.8. The number of aliphatic hydroxyl groups is 1. The topological polar surface area (TPSA) is 64.6 Å². The SMILES string of the molecule is CCC(O)CCNC(=O)NCC(c1c(F)cccc1F)N(C)C. The van der Waals surface area contributed by atoms with Gasteiger partial charge < -0.3 is 20.6 Å². The van der Waals surface area contributed by atoms with Gasteiger partial charge in [-0.15, -0.1) is 0 Å². The molecule has 0 aliphatic rings. The highest BCUT2D eigenvalue weighted by atomic mass is 19.1. The molecule has 0 radical (unpaired) electrons. The molecule has 1 aromatic rings. The van der Waals surface area contributed by atoms with Crippen LogP contribution < -0.4 is 10.6 Å². The molecule has 0 aliphatic carbocycles. The number of rotatable bonds is 8. The Hall–Kier alpha value is -1.73. The summed E-state index contributed by atoms with van der Waals surface area (Å²) in [6.07, 6.45) is 0.638. The minimum atomic E-state index is -0.642. The van der Waals surface area contributed by atoms with Gasteiger partial charge in [-0.05, 0) is 39.1 Å². The van der Waals surface area contributed by atoms with Crippen LogP contribution in [0.15, 0.2) is 18.2 Å². The summed E-state index contributed by atoms with van der Waals surface area (Å²) >= 11 is 0. The van der Waals surface area contributed by atoms with E-state index in [0.29, 0.717) is 19.4 Å². The second-order valence-corrected chi connectivity index (χ2v) is 5.60. The van der Waals surface area contributed by atoms with Gasteiger partial charge in [-0.1, -0.05) is 13.0 Å². The summed E-state index contributed by atoms with van der Waals surface area (Å²) in [7, 11) is 3.38. The number of carbonyl (C=O) groups is 1. The van der Waals surface area contributed by atoms with E-state index in [9.17, 15) is 18.7 Å². The van der Waals surface area contributed by atoms with Crippen LogP contribution in [-0.2, 0) is 0 Å². The Morgan fingerprint density at radius 3 is 2.39 bits per heavy atom. The largest absolute Gasteiger partial charge is 0.393 e. The summed E-state index contributed by atoms with van der Waals surface area (Å²) in [5.41, 5.74) is -0.0702. The zero-order chi connectivity index (χ0) is 17.4. The molecule has 0 bridgehead atoms. The van der Waals surface area contributed by atoms with Crippen molar-refractivity contribution in [3.05, 3.63) is 35.4 Å². The number of urea groups is 1. The van der Waals surface area contributed by atoms with Gasteiger partial charge in [-0.25, -0.2) is 13.6 Å². The van der Waals surface area contributed by atoms with E-state index in [2.05, 4.69) is 10.6 Å². The predicted molar refractivity (Wildman–Crippen MR) is 85.1 cm³/mol. The molecule has 2 unspecified atom stereocenters. The third-order valence-corrected chi connectivity index (χ3v) is 3.65. The molecule has 0 saturated carbocycles. The van der Waals surface area contributed by atoms with Crippen molar-refractivity contribution >= 4 is 6.03 Å². The molecule has 2 atom stereocenters. The molecule has 0 heterocycles. The van der Waals surface area contributed by atoms with Crippen LogP contribution in [0.25, 0.3) is 0 Å². The Balaban J connectivity index is 2.59. The van der Waals surface area contributed by atoms with Crippen LogP contribution in [0.1, 0.15) is 31.4 Å². The van der Waals surface area contributed by atoms with Gasteiger partial charge >= 0.3 is 6.03 Å². The number of carbonyl (C=O) groups excluding carboxylic acids is 1. The van der Waals surface area contributed by atoms with Crippen LogP contribution >= 0.6 is 0 Å². The maximum Gasteiger partial charge on any atom is 0.314 e. The summed E-state index contributed by atoms with van der Waals surface area (Å²) < 4.78 is 27.8. The highest BCUT2D eigenvalue weighted by molar-refractivity contribution is 5.73. The first kappa shape index (κ1) is 19.3. The van der Waals surface area contributed by atoms with Gasteiger partial charge in [0.15, 0.2) is 0 Å². The average Bonchev–Trinajstić information content (AvgIpc) is 2.49. The lowest BCUT2D eigenvalue weighted by Gasteiger charge is -2.26. The van der Waals surface area contributed by atoms with Gasteiger partial charge in [-0.2, -0.15) is 0 Å². The molecule has 5 nitrogen and oxygen atoms in total. The quantitative estimate of drug-likeness (QED) is 0.684. The van der Waals surface area contributed by atoms with Crippen molar-refractivity contribution in [2.45, 2.75) is 31.9 Å². The third-order valence-electron chi connectivity index (χ3n) is 3.65. The van der Waals surface area contributed by atoms with E-state index in [0.717, 1.165) is 0 Å². The van der Waals surface area contributed by atoms with Crippen molar-refractivity contribution in [3.63, 3.8) is 0 Å². The smallest absolute Gasteiger partial charge is 0.314 e. The van der Waals surface area contributed by atoms with Crippen LogP contribution in [0, 0.1) is 11.6 Å². The summed E-state index contributed by atoms with van der Waals surface area (Å²) in [5.74, 6) is -1.28. The monoisotopic (exact) mass is 329 g/mol. The van der Waals surface area contributed by atoms with E-state index < -0.39 is 29.8 Å². The average molecular weight is 329 g/mol. The highest BCUT2D eigenvalue weighted by Crippen LogP contribution is 2.23. The van der Waals surface area contributed by atoms with E-state index in [1.54, 1.807) is 19.0 Å². The zero-order valence-electron chi connectivity index (χ0n) is 13.8. The molecule has 3 N–H and O–H groups in total. The molecule has 2 amide bonds. The Morgan fingerprint density at radius 2 is 1.87 bits per heavy atom. The molecule has 1 aromatic carbocycles. The van der Waals surface area contributed by atoms with Gasteiger partial charge in [0.1, 0.15) is 11.6 Å². The molecule has 0 saturated heterocycles. The fourth-order valence-corrected chi connectivity index (χ4v) is 2.18. The van der Waals surface area contributed by atoms with Crippen LogP contribution in [0.4, 0.5) is 13.6 Å². The standard InChI is InChI=1S/C16H25F2N3O2/c1-4-11(22)8-9-19-16(23)20-10-14(21(2)3)15-12(17)6-5-7-13(15)18/h5-7,11,14,22H,4,8-10H2,1-3H3,(H2,19,20,23). The van der Waals surface area contributed by atoms with Gasteiger partial charge in [0, 0.05) is 18.7 Å². The predicted octanol–water partition coefficient (Wildman–Crippen LogP) is 2.03. The number of hydrogen-bond acceptors (Lipinski definition) is 3. The second kappa shape index (κ2) is 9.42. The Kier molecular flexibility index (Phi) is 7.91. The van der Waals surface area contributed by atoms with E-state index in [1.807, 2.05) is 6.92 Å². The lowest BCUT2D eigenvalue weighted by molar-refractivity contribution is 0.160. The summed E-state index contributed by atoms with van der Waals surface area (Å²) in [4.78, 5) is 13.4. The van der Waals surface area contributed by atoms with Gasteiger partial charge in [-0.3, -0.25) is 0 Å². The van der Waals surface area contributed by atoms with Gasteiger partial charge in [0.2, 0.25) is 0 Å². The first-order valence-corrected chi connectivity index (χ1v) is 7.66. The van der Waals surface area contributed by atoms with Crippen molar-refractivity contribution in [1.29, 1.82) is 0 Å². The van der Waals surface area contributed by atoms with Crippen LogP contribution in [-0.4, -0.2) is 49.3 Å². The number of benzene rings is 1. The normalized spacial score (nSPS) is 13.7. The number of nitrogens with one attached hydrogen (secondary N) is 2. The molecule has 7 heteroatoms. The lowest BCUT2D eigenvalue weighted by atomic mass is 10.0. The van der Waals surface area contributed by atoms with Gasteiger partial charge in [0.25, 0.3) is 0 Å². The molecule has 0 aliphatic heterocycles. The maximum atomic E-state index is 13.9. The van der Waals surface area contributed by atoms with E-state index >= 15 is 0 Å². The number of amides is 2. The fraction of sp³-hybridized carbons (Fsp3) is 0.562. The molecule has 1 rings (SSSR count). The van der Waals surface area contributed by atoms with Crippen molar-refractivity contribution in [3.8, 4) is 0 Å². The number of nitrogens with zero attached hydrogens (tertiary/aromatic N) is 1. The van der Waals surface area contributed by atoms with Crippen LogP contribution in [0.3, 0.4) is 0 Å². The third kappa shape index (κ3) is 6.11. The molecule has 130 valence electrons. The van der Waals surface area contributed by atoms with Crippen molar-refractivity contribution < 1.29 is 18.7 Å². The molecule has 23 heavy (non-hydrogen) atoms. The highest BCUT2D eigenvalue weighted by Gasteiger charge is 2.22. The minimum Gasteiger partial charge on any atom is -0.393 e. The number of likely N-dealkylation sites (N-methyl/N-ethyl adjacent to an activating group) is 1. The van der Waals surface area contributed by atoms with Crippen LogP contribution in [0.2, 0.25) is 0 Å². The number of aliphatic hydroxyl groups excluding tert-OH is 1. The molecular formula is C16H25F2N3O2.